The second-order valence-corrected chi connectivity index (χ2v) is 3.18. The summed E-state index contributed by atoms with van der Waals surface area (Å²) in [6.07, 6.45) is 2.02. The molecule has 1 radical (unpaired) electrons. The summed E-state index contributed by atoms with van der Waals surface area (Å²) in [7, 11) is 0. The van der Waals surface area contributed by atoms with Crippen LogP contribution in [-0.2, 0) is 0 Å². The highest BCUT2D eigenvalue weighted by Crippen LogP contribution is 2.06. The molecule has 0 aromatic carbocycles. The maximum absolute atomic E-state index is 7.31. The molecule has 0 fully saturated rings. The summed E-state index contributed by atoms with van der Waals surface area (Å²) >= 11 is 1.72. The Balaban J connectivity index is 3.15. The van der Waals surface area contributed by atoms with Crippen LogP contribution in [0.5, 0.6) is 0 Å². The third kappa shape index (κ3) is 6.31. The first-order valence-corrected chi connectivity index (χ1v) is 3.69. The van der Waals surface area contributed by atoms with E-state index >= 15 is 0 Å². The molecule has 1 nitrogen and oxygen atoms in total. The van der Waals surface area contributed by atoms with E-state index in [1.54, 1.807) is 11.8 Å². The van der Waals surface area contributed by atoms with E-state index in [1.807, 2.05) is 20.1 Å². The maximum Gasteiger partial charge on any atom is 0.0357 e. The van der Waals surface area contributed by atoms with E-state index in [1.165, 1.54) is 0 Å². The fraction of sp³-hybridized carbons (Fsp3) is 1.00. The van der Waals surface area contributed by atoms with Crippen LogP contribution in [0.3, 0.4) is 0 Å². The zero-order valence-corrected chi connectivity index (χ0v) is 5.93. The molecule has 0 aromatic heterocycles. The molecular formula is C5H12NS. The Kier molecular flexibility index (Phi) is 2.69. The Morgan fingerprint density at radius 3 is 2.00 bits per heavy atom. The van der Waals surface area contributed by atoms with Crippen molar-refractivity contribution in [2.45, 2.75) is 19.4 Å². The lowest BCUT2D eigenvalue weighted by Crippen LogP contribution is -2.23. The fourth-order valence-corrected chi connectivity index (χ4v) is 1.08. The Morgan fingerprint density at radius 1 is 1.57 bits per heavy atom. The third-order valence-electron chi connectivity index (χ3n) is 0.505. The van der Waals surface area contributed by atoms with Crippen LogP contribution in [0.25, 0.3) is 0 Å². The second kappa shape index (κ2) is 2.58. The van der Waals surface area contributed by atoms with Gasteiger partial charge in [0.25, 0.3) is 0 Å². The summed E-state index contributed by atoms with van der Waals surface area (Å²) in [5.74, 6) is 0.924. The van der Waals surface area contributed by atoms with Crippen molar-refractivity contribution >= 4 is 11.8 Å². The minimum absolute atomic E-state index is 0.237. The highest BCUT2D eigenvalue weighted by molar-refractivity contribution is 7.98. The number of thioether (sulfide) groups is 1. The summed E-state index contributed by atoms with van der Waals surface area (Å²) in [6.45, 7) is 3.84. The molecule has 0 aliphatic heterocycles. The Hall–Kier alpha value is 0.310. The topological polar surface area (TPSA) is 23.8 Å². The molecule has 7 heavy (non-hydrogen) atoms. The van der Waals surface area contributed by atoms with Crippen LogP contribution in [0.1, 0.15) is 13.8 Å². The fourth-order valence-electron chi connectivity index (χ4n) is 0.361. The zero-order valence-electron chi connectivity index (χ0n) is 5.12. The van der Waals surface area contributed by atoms with Crippen LogP contribution in [0.15, 0.2) is 0 Å². The largest absolute Gasteiger partial charge is 0.251 e. The van der Waals surface area contributed by atoms with Crippen molar-refractivity contribution in [3.8, 4) is 0 Å². The normalized spacial score (nSPS) is 12.0. The molecule has 1 N–H and O–H groups in total. The average molecular weight is 118 g/mol. The first kappa shape index (κ1) is 7.31. The van der Waals surface area contributed by atoms with E-state index in [2.05, 4.69) is 0 Å². The summed E-state index contributed by atoms with van der Waals surface area (Å²) in [5, 5.41) is 0. The van der Waals surface area contributed by atoms with Crippen molar-refractivity contribution < 1.29 is 0 Å². The van der Waals surface area contributed by atoms with Gasteiger partial charge in [-0.3, -0.25) is 5.73 Å². The molecule has 2 heteroatoms. The Morgan fingerprint density at radius 2 is 2.00 bits per heavy atom. The molecule has 0 aliphatic rings. The molecular weight excluding hydrogens is 106 g/mol. The van der Waals surface area contributed by atoms with E-state index < -0.39 is 0 Å². The highest BCUT2D eigenvalue weighted by Gasteiger charge is 2.08. The molecule has 43 valence electrons. The van der Waals surface area contributed by atoms with Crippen molar-refractivity contribution in [1.29, 1.82) is 0 Å². The second-order valence-electron chi connectivity index (χ2n) is 2.32. The van der Waals surface area contributed by atoms with Gasteiger partial charge in [-0.2, -0.15) is 11.8 Å². The van der Waals surface area contributed by atoms with Crippen LogP contribution in [0, 0.1) is 0 Å². The number of hydrogen-bond donors (Lipinski definition) is 0. The van der Waals surface area contributed by atoms with Gasteiger partial charge in [-0.05, 0) is 20.1 Å². The van der Waals surface area contributed by atoms with Crippen molar-refractivity contribution in [2.75, 3.05) is 12.0 Å². The predicted octanol–water partition coefficient (Wildman–Crippen LogP) is 1.41. The van der Waals surface area contributed by atoms with E-state index in [4.69, 9.17) is 5.73 Å². The molecule has 0 unspecified atom stereocenters. The van der Waals surface area contributed by atoms with Crippen LogP contribution in [0.4, 0.5) is 0 Å². The van der Waals surface area contributed by atoms with Crippen LogP contribution in [-0.4, -0.2) is 17.5 Å². The smallest absolute Gasteiger partial charge is 0.0357 e. The Bertz CT molecular complexity index is 46.5. The molecule has 0 aliphatic carbocycles. The van der Waals surface area contributed by atoms with Gasteiger partial charge < -0.3 is 0 Å². The monoisotopic (exact) mass is 118 g/mol. The molecule has 0 amide bonds. The van der Waals surface area contributed by atoms with Gasteiger partial charge in [0.1, 0.15) is 0 Å². The van der Waals surface area contributed by atoms with Gasteiger partial charge in [-0.1, -0.05) is 0 Å². The van der Waals surface area contributed by atoms with Gasteiger partial charge in [0.05, 0.1) is 0 Å². The van der Waals surface area contributed by atoms with E-state index in [-0.39, 0.29) is 5.54 Å². The standard InChI is InChI=1S/C5H12NS/c1-5(2,6)4-7-3/h6H,4H2,1-3H3. The average Bonchev–Trinajstić information content (AvgIpc) is 1.30. The molecule has 0 saturated heterocycles. The maximum atomic E-state index is 7.31. The molecule has 0 atom stereocenters. The molecule has 0 aromatic rings. The third-order valence-corrected chi connectivity index (χ3v) is 1.52. The SMILES string of the molecule is CSCC(C)(C)[NH]. The van der Waals surface area contributed by atoms with E-state index in [9.17, 15) is 0 Å². The lowest BCUT2D eigenvalue weighted by atomic mass is 10.1. The summed E-state index contributed by atoms with van der Waals surface area (Å²) in [6, 6.07) is 0. The molecule has 0 spiro atoms. The van der Waals surface area contributed by atoms with Crippen LogP contribution >= 0.6 is 11.8 Å². The quantitative estimate of drug-likeness (QED) is 0.538. The van der Waals surface area contributed by atoms with Crippen LogP contribution in [0.2, 0.25) is 0 Å². The van der Waals surface area contributed by atoms with Gasteiger partial charge in [-0.25, -0.2) is 0 Å². The predicted molar refractivity (Wildman–Crippen MR) is 35.6 cm³/mol. The Labute approximate surface area is 49.7 Å². The van der Waals surface area contributed by atoms with Crippen molar-refractivity contribution in [3.63, 3.8) is 0 Å². The van der Waals surface area contributed by atoms with Gasteiger partial charge >= 0.3 is 0 Å². The number of nitrogens with one attached hydrogen (secondary N) is 1. The highest BCUT2D eigenvalue weighted by atomic mass is 32.2. The summed E-state index contributed by atoms with van der Waals surface area (Å²) in [5.41, 5.74) is 7.07. The van der Waals surface area contributed by atoms with E-state index in [0.717, 1.165) is 5.75 Å². The number of rotatable bonds is 2. The number of hydrogen-bond acceptors (Lipinski definition) is 1. The minimum atomic E-state index is -0.237. The molecule has 0 saturated carbocycles. The zero-order chi connectivity index (χ0) is 5.91. The van der Waals surface area contributed by atoms with Crippen molar-refractivity contribution in [2.24, 2.45) is 0 Å². The molecule has 0 rings (SSSR count). The minimum Gasteiger partial charge on any atom is -0.251 e. The summed E-state index contributed by atoms with van der Waals surface area (Å²) < 4.78 is 0. The van der Waals surface area contributed by atoms with Gasteiger partial charge in [0.2, 0.25) is 0 Å². The first-order chi connectivity index (χ1) is 3.06. The van der Waals surface area contributed by atoms with Crippen molar-refractivity contribution in [1.82, 2.24) is 5.73 Å². The van der Waals surface area contributed by atoms with E-state index in [0.29, 0.717) is 0 Å². The van der Waals surface area contributed by atoms with Gasteiger partial charge in [0, 0.05) is 11.3 Å². The lowest BCUT2D eigenvalue weighted by molar-refractivity contribution is 0.569. The van der Waals surface area contributed by atoms with Crippen molar-refractivity contribution in [3.05, 3.63) is 0 Å². The van der Waals surface area contributed by atoms with Gasteiger partial charge in [0.15, 0.2) is 0 Å². The molecule has 0 heterocycles. The van der Waals surface area contributed by atoms with Gasteiger partial charge in [-0.15, -0.1) is 0 Å². The summed E-state index contributed by atoms with van der Waals surface area (Å²) in [4.78, 5) is 0. The first-order valence-electron chi connectivity index (χ1n) is 2.30. The molecule has 0 bridgehead atoms. The lowest BCUT2D eigenvalue weighted by Gasteiger charge is -2.13. The van der Waals surface area contributed by atoms with Crippen LogP contribution < -0.4 is 5.73 Å².